The first kappa shape index (κ1) is 20.5. The molecule has 0 spiro atoms. The number of halogens is 1. The molecule has 160 valence electrons. The lowest BCUT2D eigenvalue weighted by Crippen LogP contribution is -2.37. The number of nitrogens with zero attached hydrogens (tertiary/aromatic N) is 5. The molecule has 0 amide bonds. The molecular weight excluding hydrogens is 401 g/mol. The summed E-state index contributed by atoms with van der Waals surface area (Å²) in [5.74, 6) is 1.64. The predicted molar refractivity (Wildman–Crippen MR) is 117 cm³/mol. The number of hydrazone groups is 1. The Morgan fingerprint density at radius 1 is 1.00 bits per heavy atom. The van der Waals surface area contributed by atoms with Crippen molar-refractivity contribution in [1.29, 1.82) is 0 Å². The molecule has 1 fully saturated rings. The van der Waals surface area contributed by atoms with E-state index in [0.717, 1.165) is 17.0 Å². The van der Waals surface area contributed by atoms with E-state index in [2.05, 4.69) is 30.8 Å². The summed E-state index contributed by atoms with van der Waals surface area (Å²) >= 11 is 0. The summed E-state index contributed by atoms with van der Waals surface area (Å²) in [6, 6.07) is 13.4. The summed E-state index contributed by atoms with van der Waals surface area (Å²) < 4.78 is 23.7. The lowest BCUT2D eigenvalue weighted by atomic mass is 10.2. The Bertz CT molecular complexity index is 1020. The average molecular weight is 423 g/mol. The largest absolute Gasteiger partial charge is 0.497 e. The van der Waals surface area contributed by atoms with Gasteiger partial charge in [-0.1, -0.05) is 12.1 Å². The fourth-order valence-corrected chi connectivity index (χ4v) is 2.89. The van der Waals surface area contributed by atoms with Gasteiger partial charge in [-0.2, -0.15) is 20.1 Å². The number of nitrogens with one attached hydrogen (secondary N) is 2. The fraction of sp³-hybridized carbons (Fsp3) is 0.238. The second-order valence-electron chi connectivity index (χ2n) is 6.66. The molecule has 1 aliphatic heterocycles. The molecule has 31 heavy (non-hydrogen) atoms. The monoisotopic (exact) mass is 423 g/mol. The highest BCUT2D eigenvalue weighted by Crippen LogP contribution is 2.21. The summed E-state index contributed by atoms with van der Waals surface area (Å²) in [7, 11) is 1.62. The van der Waals surface area contributed by atoms with Gasteiger partial charge < -0.3 is 19.7 Å². The third kappa shape index (κ3) is 5.64. The van der Waals surface area contributed by atoms with Crippen molar-refractivity contribution in [3.8, 4) is 5.75 Å². The number of methoxy groups -OCH3 is 1. The molecular formula is C21H22FN7O2. The molecule has 0 saturated carbocycles. The van der Waals surface area contributed by atoms with Crippen LogP contribution in [-0.4, -0.2) is 54.6 Å². The van der Waals surface area contributed by atoms with E-state index < -0.39 is 0 Å². The molecule has 1 aromatic heterocycles. The second kappa shape index (κ2) is 9.81. The number of rotatable bonds is 7. The van der Waals surface area contributed by atoms with Gasteiger partial charge in [0.1, 0.15) is 11.6 Å². The van der Waals surface area contributed by atoms with Crippen LogP contribution in [0.15, 0.2) is 53.6 Å². The third-order valence-electron chi connectivity index (χ3n) is 4.51. The van der Waals surface area contributed by atoms with Crippen molar-refractivity contribution in [3.63, 3.8) is 0 Å². The van der Waals surface area contributed by atoms with E-state index in [1.165, 1.54) is 12.1 Å². The van der Waals surface area contributed by atoms with Crippen LogP contribution in [0.4, 0.5) is 27.9 Å². The maximum Gasteiger partial charge on any atom is 0.250 e. The van der Waals surface area contributed by atoms with Crippen LogP contribution in [0.25, 0.3) is 0 Å². The first-order valence-corrected chi connectivity index (χ1v) is 9.74. The van der Waals surface area contributed by atoms with Crippen molar-refractivity contribution >= 4 is 29.7 Å². The third-order valence-corrected chi connectivity index (χ3v) is 4.51. The zero-order valence-corrected chi connectivity index (χ0v) is 17.0. The Kier molecular flexibility index (Phi) is 6.48. The zero-order valence-electron chi connectivity index (χ0n) is 17.0. The quantitative estimate of drug-likeness (QED) is 0.442. The SMILES string of the molecule is COc1ccc(Nc2nc(N/N=C/c3ccc(F)cc3)nc(N3CCOCC3)n2)cc1. The molecule has 3 aromatic rings. The molecule has 2 heterocycles. The Morgan fingerprint density at radius 2 is 1.71 bits per heavy atom. The lowest BCUT2D eigenvalue weighted by molar-refractivity contribution is 0.122. The van der Waals surface area contributed by atoms with E-state index in [-0.39, 0.29) is 11.8 Å². The van der Waals surface area contributed by atoms with Crippen LogP contribution in [-0.2, 0) is 4.74 Å². The lowest BCUT2D eigenvalue weighted by Gasteiger charge is -2.27. The van der Waals surface area contributed by atoms with Crippen LogP contribution in [0.5, 0.6) is 5.75 Å². The molecule has 4 rings (SSSR count). The highest BCUT2D eigenvalue weighted by atomic mass is 19.1. The van der Waals surface area contributed by atoms with Crippen LogP contribution in [0, 0.1) is 5.82 Å². The standard InChI is InChI=1S/C21H22FN7O2/c1-30-18-8-6-17(7-9-18)24-19-25-20(27-21(26-19)29-10-12-31-13-11-29)28-23-14-15-2-4-16(22)5-3-15/h2-9,14H,10-13H2,1H3,(H2,24,25,26,27,28)/b23-14+. The van der Waals surface area contributed by atoms with Gasteiger partial charge in [0.05, 0.1) is 26.5 Å². The number of benzene rings is 2. The average Bonchev–Trinajstić information content (AvgIpc) is 2.81. The minimum Gasteiger partial charge on any atom is -0.497 e. The number of hydrogen-bond acceptors (Lipinski definition) is 9. The Balaban J connectivity index is 1.55. The molecule has 0 bridgehead atoms. The number of hydrogen-bond donors (Lipinski definition) is 2. The van der Waals surface area contributed by atoms with Crippen molar-refractivity contribution in [1.82, 2.24) is 15.0 Å². The van der Waals surface area contributed by atoms with Crippen molar-refractivity contribution < 1.29 is 13.9 Å². The van der Waals surface area contributed by atoms with Gasteiger partial charge in [0.2, 0.25) is 17.8 Å². The normalized spacial score (nSPS) is 13.9. The van der Waals surface area contributed by atoms with Gasteiger partial charge in [0.25, 0.3) is 0 Å². The molecule has 0 radical (unpaired) electrons. The van der Waals surface area contributed by atoms with Gasteiger partial charge >= 0.3 is 0 Å². The maximum atomic E-state index is 13.0. The van der Waals surface area contributed by atoms with Crippen LogP contribution < -0.4 is 20.4 Å². The first-order valence-electron chi connectivity index (χ1n) is 9.74. The fourth-order valence-electron chi connectivity index (χ4n) is 2.89. The van der Waals surface area contributed by atoms with E-state index in [1.807, 2.05) is 29.2 Å². The molecule has 2 aromatic carbocycles. The topological polar surface area (TPSA) is 96.8 Å². The molecule has 0 unspecified atom stereocenters. The number of ether oxygens (including phenoxy) is 2. The first-order chi connectivity index (χ1) is 15.2. The van der Waals surface area contributed by atoms with Gasteiger partial charge in [-0.3, -0.25) is 0 Å². The van der Waals surface area contributed by atoms with Gasteiger partial charge in [0.15, 0.2) is 0 Å². The number of morpholine rings is 1. The summed E-state index contributed by atoms with van der Waals surface area (Å²) in [5.41, 5.74) is 4.38. The molecule has 1 saturated heterocycles. The van der Waals surface area contributed by atoms with Crippen molar-refractivity contribution in [3.05, 3.63) is 59.9 Å². The van der Waals surface area contributed by atoms with E-state index >= 15 is 0 Å². The molecule has 0 aliphatic carbocycles. The van der Waals surface area contributed by atoms with Gasteiger partial charge in [-0.25, -0.2) is 9.82 Å². The molecule has 0 atom stereocenters. The predicted octanol–water partition coefficient (Wildman–Crippen LogP) is 3.05. The minimum atomic E-state index is -0.299. The highest BCUT2D eigenvalue weighted by Gasteiger charge is 2.16. The Labute approximate surface area is 179 Å². The summed E-state index contributed by atoms with van der Waals surface area (Å²) in [6.07, 6.45) is 1.56. The van der Waals surface area contributed by atoms with Crippen molar-refractivity contribution in [2.45, 2.75) is 0 Å². The molecule has 2 N–H and O–H groups in total. The Hall–Kier alpha value is -3.79. The van der Waals surface area contributed by atoms with Gasteiger partial charge in [-0.05, 0) is 42.0 Å². The molecule has 9 nitrogen and oxygen atoms in total. The van der Waals surface area contributed by atoms with Crippen LogP contribution >= 0.6 is 0 Å². The van der Waals surface area contributed by atoms with E-state index in [4.69, 9.17) is 9.47 Å². The smallest absolute Gasteiger partial charge is 0.250 e. The second-order valence-corrected chi connectivity index (χ2v) is 6.66. The minimum absolute atomic E-state index is 0.283. The van der Waals surface area contributed by atoms with Crippen LogP contribution in [0.2, 0.25) is 0 Å². The highest BCUT2D eigenvalue weighted by molar-refractivity contribution is 5.79. The van der Waals surface area contributed by atoms with Crippen LogP contribution in [0.1, 0.15) is 5.56 Å². The Morgan fingerprint density at radius 3 is 2.42 bits per heavy atom. The number of anilines is 4. The van der Waals surface area contributed by atoms with Crippen molar-refractivity contribution in [2.24, 2.45) is 5.10 Å². The van der Waals surface area contributed by atoms with Gasteiger partial charge in [-0.15, -0.1) is 0 Å². The van der Waals surface area contributed by atoms with E-state index in [1.54, 1.807) is 25.5 Å². The molecule has 10 heteroatoms. The molecule has 1 aliphatic rings. The summed E-state index contributed by atoms with van der Waals surface area (Å²) in [4.78, 5) is 15.4. The summed E-state index contributed by atoms with van der Waals surface area (Å²) in [6.45, 7) is 2.59. The van der Waals surface area contributed by atoms with Crippen LogP contribution in [0.3, 0.4) is 0 Å². The number of aromatic nitrogens is 3. The summed E-state index contributed by atoms with van der Waals surface area (Å²) in [5, 5.41) is 7.34. The maximum absolute atomic E-state index is 13.0. The van der Waals surface area contributed by atoms with E-state index in [0.29, 0.717) is 38.2 Å². The zero-order chi connectivity index (χ0) is 21.5. The van der Waals surface area contributed by atoms with E-state index in [9.17, 15) is 4.39 Å². The van der Waals surface area contributed by atoms with Crippen molar-refractivity contribution in [2.75, 3.05) is 49.1 Å². The van der Waals surface area contributed by atoms with Gasteiger partial charge in [0, 0.05) is 18.8 Å².